The number of aromatic nitrogens is 2. The van der Waals surface area contributed by atoms with Crippen molar-refractivity contribution in [1.82, 2.24) is 9.78 Å². The largest absolute Gasteiger partial charge is 0.586 e. The van der Waals surface area contributed by atoms with Crippen LogP contribution >= 0.6 is 0 Å². The fourth-order valence-corrected chi connectivity index (χ4v) is 6.87. The summed E-state index contributed by atoms with van der Waals surface area (Å²) in [5.74, 6) is -1.35. The molecule has 2 atom stereocenters. The quantitative estimate of drug-likeness (QED) is 0.101. The van der Waals surface area contributed by atoms with E-state index in [4.69, 9.17) is 20.4 Å². The zero-order chi connectivity index (χ0) is 31.2. The second kappa shape index (κ2) is 9.43. The second-order valence-corrected chi connectivity index (χ2v) is 11.8. The van der Waals surface area contributed by atoms with Gasteiger partial charge in [-0.05, 0) is 75.3 Å². The summed E-state index contributed by atoms with van der Waals surface area (Å²) >= 11 is 0. The van der Waals surface area contributed by atoms with Gasteiger partial charge in [0.2, 0.25) is 0 Å². The minimum Gasteiger partial charge on any atom is -0.483 e. The van der Waals surface area contributed by atoms with Crippen molar-refractivity contribution < 1.29 is 50.5 Å². The Morgan fingerprint density at radius 2 is 1.86 bits per heavy atom. The number of hydrogen-bond acceptors (Lipinski definition) is 7. The van der Waals surface area contributed by atoms with Gasteiger partial charge in [0, 0.05) is 17.0 Å². The number of hydrogen-bond donors (Lipinski definition) is 2. The predicted octanol–water partition coefficient (Wildman–Crippen LogP) is 6.55. The number of nitrogens with zero attached hydrogens (tertiary/aromatic N) is 3. The van der Waals surface area contributed by atoms with E-state index in [0.29, 0.717) is 37.7 Å². The van der Waals surface area contributed by atoms with Crippen molar-refractivity contribution in [3.05, 3.63) is 64.7 Å². The van der Waals surface area contributed by atoms with Crippen LogP contribution in [0.4, 0.5) is 26.3 Å². The average Bonchev–Trinajstić information content (AvgIpc) is 3.47. The Bertz CT molecular complexity index is 1670. The van der Waals surface area contributed by atoms with E-state index in [2.05, 4.69) is 19.7 Å². The zero-order valence-electron chi connectivity index (χ0n) is 23.1. The molecule has 3 N–H and O–H groups in total. The standard InChI is InChI=1S/C29H26F6N4O5/c1-14(15-5-8-19-22(9-15)44-29(34,35)43-19)41-21-10-16(6-7-18(21)30)39-23-17(24(37-39)28(31,32)33)3-2-4-20(23)42-27-11-26(12-27,13-27)25(36)38-40/h5-10,14,20,40H,2-4,11-13H2,1H3,(H2,36,38)/t14-,20?,26?,27?/m0/s1. The number of fused-ring (bicyclic) bond motifs is 2. The topological polar surface area (TPSA) is 113 Å². The van der Waals surface area contributed by atoms with E-state index in [1.807, 2.05) is 0 Å². The van der Waals surface area contributed by atoms with E-state index in [-0.39, 0.29) is 46.4 Å². The first-order valence-corrected chi connectivity index (χ1v) is 13.9. The van der Waals surface area contributed by atoms with Crippen LogP contribution in [-0.4, -0.2) is 32.7 Å². The summed E-state index contributed by atoms with van der Waals surface area (Å²) in [6.07, 6.45) is -7.65. The van der Waals surface area contributed by atoms with Gasteiger partial charge in [-0.15, -0.1) is 8.78 Å². The Labute approximate surface area is 246 Å². The highest BCUT2D eigenvalue weighted by molar-refractivity contribution is 5.90. The Hall–Kier alpha value is -4.14. The summed E-state index contributed by atoms with van der Waals surface area (Å²) in [6, 6.07) is 7.58. The number of oxime groups is 1. The fraction of sp³-hybridized carbons (Fsp3) is 0.448. The van der Waals surface area contributed by atoms with Crippen LogP contribution in [0.1, 0.15) is 73.8 Å². The summed E-state index contributed by atoms with van der Waals surface area (Å²) in [5, 5.41) is 16.1. The highest BCUT2D eigenvalue weighted by Crippen LogP contribution is 2.70. The lowest BCUT2D eigenvalue weighted by Gasteiger charge is -2.69. The molecule has 1 aliphatic heterocycles. The molecule has 15 heteroatoms. The molecular weight excluding hydrogens is 598 g/mol. The molecule has 44 heavy (non-hydrogen) atoms. The average molecular weight is 625 g/mol. The van der Waals surface area contributed by atoms with Gasteiger partial charge in [-0.2, -0.15) is 18.3 Å². The van der Waals surface area contributed by atoms with E-state index in [1.165, 1.54) is 30.3 Å². The molecular formula is C29H26F6N4O5. The van der Waals surface area contributed by atoms with Gasteiger partial charge < -0.3 is 29.9 Å². The molecule has 9 nitrogen and oxygen atoms in total. The first kappa shape index (κ1) is 28.6. The Balaban J connectivity index is 1.19. The SMILES string of the molecule is C[C@H](Oc1cc(-n2nc(C(F)(F)F)c3c2C(OC24CC(/C(N)=N\O)(C2)C4)CCC3)ccc1F)c1ccc2c(c1)OC(F)(F)O2. The molecule has 234 valence electrons. The maximum Gasteiger partial charge on any atom is 0.586 e. The van der Waals surface area contributed by atoms with Gasteiger partial charge in [0.1, 0.15) is 18.0 Å². The van der Waals surface area contributed by atoms with Gasteiger partial charge in [-0.25, -0.2) is 9.07 Å². The molecule has 3 saturated carbocycles. The number of nitrogens with two attached hydrogens (primary N) is 1. The van der Waals surface area contributed by atoms with Crippen molar-refractivity contribution in [2.45, 2.75) is 75.7 Å². The number of ether oxygens (including phenoxy) is 4. The van der Waals surface area contributed by atoms with Crippen LogP contribution in [0.5, 0.6) is 17.2 Å². The van der Waals surface area contributed by atoms with Crippen molar-refractivity contribution >= 4 is 5.84 Å². The van der Waals surface area contributed by atoms with E-state index < -0.39 is 47.2 Å². The molecule has 0 spiro atoms. The summed E-state index contributed by atoms with van der Waals surface area (Å²) < 4.78 is 107. The maximum atomic E-state index is 15.0. The number of alkyl halides is 5. The van der Waals surface area contributed by atoms with Crippen molar-refractivity contribution in [3.63, 3.8) is 0 Å². The normalized spacial score (nSPS) is 27.2. The van der Waals surface area contributed by atoms with Gasteiger partial charge in [0.05, 0.1) is 17.0 Å². The van der Waals surface area contributed by atoms with Crippen LogP contribution in [0, 0.1) is 11.2 Å². The predicted molar refractivity (Wildman–Crippen MR) is 139 cm³/mol. The highest BCUT2D eigenvalue weighted by atomic mass is 19.4. The summed E-state index contributed by atoms with van der Waals surface area (Å²) in [7, 11) is 0. The smallest absolute Gasteiger partial charge is 0.483 e. The van der Waals surface area contributed by atoms with E-state index >= 15 is 0 Å². The molecule has 0 amide bonds. The third kappa shape index (κ3) is 4.50. The lowest BCUT2D eigenvalue weighted by molar-refractivity contribution is -0.286. The molecule has 2 aromatic carbocycles. The molecule has 1 unspecified atom stereocenters. The van der Waals surface area contributed by atoms with Crippen LogP contribution in [0.2, 0.25) is 0 Å². The summed E-state index contributed by atoms with van der Waals surface area (Å²) in [4.78, 5) is 0. The number of rotatable bonds is 7. The maximum absolute atomic E-state index is 15.0. The Morgan fingerprint density at radius 1 is 1.14 bits per heavy atom. The van der Waals surface area contributed by atoms with Crippen LogP contribution in [-0.2, 0) is 17.3 Å². The number of amidine groups is 1. The van der Waals surface area contributed by atoms with Gasteiger partial charge in [0.25, 0.3) is 0 Å². The second-order valence-electron chi connectivity index (χ2n) is 11.8. The van der Waals surface area contributed by atoms with E-state index in [0.717, 1.165) is 10.7 Å². The van der Waals surface area contributed by atoms with Gasteiger partial charge in [-0.3, -0.25) is 0 Å². The van der Waals surface area contributed by atoms with Crippen LogP contribution < -0.4 is 19.9 Å². The molecule has 2 heterocycles. The summed E-state index contributed by atoms with van der Waals surface area (Å²) in [6.45, 7) is 1.55. The molecule has 1 aromatic heterocycles. The highest BCUT2D eigenvalue weighted by Gasteiger charge is 2.72. The van der Waals surface area contributed by atoms with Crippen molar-refractivity contribution in [1.29, 1.82) is 0 Å². The molecule has 4 aliphatic carbocycles. The first-order valence-electron chi connectivity index (χ1n) is 13.9. The monoisotopic (exact) mass is 624 g/mol. The number of halogens is 6. The molecule has 5 aliphatic rings. The van der Waals surface area contributed by atoms with Gasteiger partial charge >= 0.3 is 12.5 Å². The number of benzene rings is 2. The molecule has 3 aromatic rings. The zero-order valence-corrected chi connectivity index (χ0v) is 23.1. The lowest BCUT2D eigenvalue weighted by Crippen LogP contribution is -2.72. The van der Waals surface area contributed by atoms with Crippen LogP contribution in [0.25, 0.3) is 5.69 Å². The van der Waals surface area contributed by atoms with Crippen molar-refractivity contribution in [3.8, 4) is 22.9 Å². The molecule has 0 radical (unpaired) electrons. The van der Waals surface area contributed by atoms with Crippen molar-refractivity contribution in [2.75, 3.05) is 0 Å². The molecule has 2 bridgehead atoms. The minimum atomic E-state index is -4.74. The Morgan fingerprint density at radius 3 is 2.57 bits per heavy atom. The van der Waals surface area contributed by atoms with Gasteiger partial charge in [-0.1, -0.05) is 11.2 Å². The fourth-order valence-electron chi connectivity index (χ4n) is 6.87. The van der Waals surface area contributed by atoms with Crippen molar-refractivity contribution in [2.24, 2.45) is 16.3 Å². The van der Waals surface area contributed by atoms with E-state index in [1.54, 1.807) is 6.92 Å². The van der Waals surface area contributed by atoms with Crippen LogP contribution in [0.15, 0.2) is 41.6 Å². The Kier molecular flexibility index (Phi) is 6.13. The van der Waals surface area contributed by atoms with Crippen LogP contribution in [0.3, 0.4) is 0 Å². The third-order valence-electron chi connectivity index (χ3n) is 8.87. The van der Waals surface area contributed by atoms with Gasteiger partial charge in [0.15, 0.2) is 28.8 Å². The molecule has 0 saturated heterocycles. The third-order valence-corrected chi connectivity index (χ3v) is 8.87. The first-order chi connectivity index (χ1) is 20.7. The molecule has 3 fully saturated rings. The minimum absolute atomic E-state index is 0.0174. The lowest BCUT2D eigenvalue weighted by atomic mass is 9.40. The van der Waals surface area contributed by atoms with E-state index in [9.17, 15) is 26.3 Å². The molecule has 8 rings (SSSR count). The summed E-state index contributed by atoms with van der Waals surface area (Å²) in [5.41, 5.74) is 4.46.